The first-order valence-electron chi connectivity index (χ1n) is 3.85. The highest BCUT2D eigenvalue weighted by molar-refractivity contribution is 6.02. The van der Waals surface area contributed by atoms with Crippen molar-refractivity contribution in [1.82, 2.24) is 4.98 Å². The molecule has 2 rings (SSSR count). The summed E-state index contributed by atoms with van der Waals surface area (Å²) in [4.78, 5) is 3.19. The maximum absolute atomic E-state index is 5.25. The van der Waals surface area contributed by atoms with Crippen LogP contribution < -0.4 is 5.84 Å². The minimum atomic E-state index is 1.02. The smallest absolute Gasteiger partial charge is 0.0690 e. The number of fused-ring (bicyclic) bond motifs is 1. The molecule has 0 aliphatic heterocycles. The lowest BCUT2D eigenvalue weighted by Crippen LogP contribution is -2.12. The number of rotatable bonds is 0. The van der Waals surface area contributed by atoms with E-state index in [2.05, 4.69) is 10.1 Å². The number of hydrogen-bond donors (Lipinski definition) is 2. The fourth-order valence-corrected chi connectivity index (χ4v) is 1.58. The average molecular weight is 149 g/mol. The van der Waals surface area contributed by atoms with Crippen molar-refractivity contribution < 1.29 is 0 Å². The molecule has 0 spiro atoms. The Balaban J connectivity index is 2.48. The highest BCUT2D eigenvalue weighted by atomic mass is 15.1. The number of nitrogens with one attached hydrogen (secondary N) is 1. The molecule has 0 unspecified atom stereocenters. The van der Waals surface area contributed by atoms with Gasteiger partial charge in [-0.2, -0.15) is 5.10 Å². The molecule has 3 N–H and O–H groups in total. The van der Waals surface area contributed by atoms with Gasteiger partial charge >= 0.3 is 0 Å². The van der Waals surface area contributed by atoms with Crippen LogP contribution in [0.2, 0.25) is 0 Å². The first-order valence-corrected chi connectivity index (χ1v) is 3.85. The summed E-state index contributed by atoms with van der Waals surface area (Å²) in [5.74, 6) is 5.25. The summed E-state index contributed by atoms with van der Waals surface area (Å²) in [5, 5.41) is 3.76. The van der Waals surface area contributed by atoms with Gasteiger partial charge in [-0.25, -0.2) is 0 Å². The van der Waals surface area contributed by atoms with Gasteiger partial charge < -0.3 is 10.8 Å². The van der Waals surface area contributed by atoms with Gasteiger partial charge in [0.05, 0.1) is 5.71 Å². The SMILES string of the molecule is N/N=C1/CCCc2[nH]ccc21. The number of aromatic amines is 1. The second kappa shape index (κ2) is 2.42. The molecule has 3 heteroatoms. The normalized spacial score (nSPS) is 20.2. The lowest BCUT2D eigenvalue weighted by atomic mass is 9.96. The number of aromatic nitrogens is 1. The molecule has 1 heterocycles. The Morgan fingerprint density at radius 2 is 2.36 bits per heavy atom. The molecule has 1 aliphatic carbocycles. The average Bonchev–Trinajstić information content (AvgIpc) is 2.50. The Bertz CT molecular complexity index is 285. The maximum Gasteiger partial charge on any atom is 0.0690 e. The van der Waals surface area contributed by atoms with E-state index in [1.807, 2.05) is 12.3 Å². The third-order valence-corrected chi connectivity index (χ3v) is 2.14. The standard InChI is InChI=1S/C8H11N3/c9-11-8-3-1-2-7-6(8)4-5-10-7/h4-5,10H,1-3,9H2/b11-8-. The van der Waals surface area contributed by atoms with Gasteiger partial charge in [0.1, 0.15) is 0 Å². The number of nitrogens with two attached hydrogens (primary N) is 1. The molecule has 1 aromatic heterocycles. The van der Waals surface area contributed by atoms with Crippen LogP contribution in [0.4, 0.5) is 0 Å². The molecule has 0 atom stereocenters. The molecule has 0 amide bonds. The number of hydrogen-bond acceptors (Lipinski definition) is 2. The predicted octanol–water partition coefficient (Wildman–Crippen LogP) is 1.01. The lowest BCUT2D eigenvalue weighted by Gasteiger charge is -2.11. The van der Waals surface area contributed by atoms with Gasteiger partial charge in [0.2, 0.25) is 0 Å². The number of aryl methyl sites for hydroxylation is 1. The molecule has 0 aromatic carbocycles. The molecule has 3 nitrogen and oxygen atoms in total. The van der Waals surface area contributed by atoms with Gasteiger partial charge in [-0.15, -0.1) is 0 Å². The molecule has 58 valence electrons. The molecular formula is C8H11N3. The van der Waals surface area contributed by atoms with E-state index in [1.165, 1.54) is 11.3 Å². The van der Waals surface area contributed by atoms with Crippen molar-refractivity contribution in [3.05, 3.63) is 23.5 Å². The summed E-state index contributed by atoms with van der Waals surface area (Å²) in [7, 11) is 0. The number of H-pyrrole nitrogens is 1. The van der Waals surface area contributed by atoms with E-state index in [0.29, 0.717) is 0 Å². The Kier molecular flexibility index (Phi) is 1.42. The summed E-state index contributed by atoms with van der Waals surface area (Å²) >= 11 is 0. The van der Waals surface area contributed by atoms with Gasteiger partial charge in [0, 0.05) is 17.5 Å². The van der Waals surface area contributed by atoms with E-state index in [-0.39, 0.29) is 0 Å². The molecular weight excluding hydrogens is 138 g/mol. The van der Waals surface area contributed by atoms with Crippen LogP contribution in [0.5, 0.6) is 0 Å². The van der Waals surface area contributed by atoms with E-state index in [4.69, 9.17) is 5.84 Å². The molecule has 0 saturated heterocycles. The first-order chi connectivity index (χ1) is 5.42. The Morgan fingerprint density at radius 3 is 3.18 bits per heavy atom. The van der Waals surface area contributed by atoms with Gasteiger partial charge in [-0.1, -0.05) is 0 Å². The fraction of sp³-hybridized carbons (Fsp3) is 0.375. The fourth-order valence-electron chi connectivity index (χ4n) is 1.58. The third-order valence-electron chi connectivity index (χ3n) is 2.14. The predicted molar refractivity (Wildman–Crippen MR) is 44.5 cm³/mol. The zero-order chi connectivity index (χ0) is 7.68. The molecule has 1 aliphatic rings. The monoisotopic (exact) mass is 149 g/mol. The Labute approximate surface area is 65.3 Å². The highest BCUT2D eigenvalue weighted by Gasteiger charge is 2.15. The number of nitrogens with zero attached hydrogens (tertiary/aromatic N) is 1. The third kappa shape index (κ3) is 0.926. The van der Waals surface area contributed by atoms with Crippen LogP contribution in [0.25, 0.3) is 0 Å². The molecule has 0 bridgehead atoms. The van der Waals surface area contributed by atoms with Crippen molar-refractivity contribution in [3.63, 3.8) is 0 Å². The molecule has 0 fully saturated rings. The number of hydrazone groups is 1. The Morgan fingerprint density at radius 1 is 1.45 bits per heavy atom. The second-order valence-electron chi connectivity index (χ2n) is 2.80. The topological polar surface area (TPSA) is 54.2 Å². The van der Waals surface area contributed by atoms with Crippen molar-refractivity contribution in [2.24, 2.45) is 10.9 Å². The van der Waals surface area contributed by atoms with Crippen molar-refractivity contribution >= 4 is 5.71 Å². The van der Waals surface area contributed by atoms with E-state index < -0.39 is 0 Å². The van der Waals surface area contributed by atoms with Gasteiger partial charge in [-0.3, -0.25) is 0 Å². The van der Waals surface area contributed by atoms with E-state index >= 15 is 0 Å². The minimum Gasteiger partial charge on any atom is -0.364 e. The van der Waals surface area contributed by atoms with E-state index in [0.717, 1.165) is 25.0 Å². The van der Waals surface area contributed by atoms with Crippen LogP contribution in [0.3, 0.4) is 0 Å². The second-order valence-corrected chi connectivity index (χ2v) is 2.80. The van der Waals surface area contributed by atoms with Crippen LogP contribution in [-0.4, -0.2) is 10.7 Å². The molecule has 11 heavy (non-hydrogen) atoms. The quantitative estimate of drug-likeness (QED) is 0.420. The van der Waals surface area contributed by atoms with Gasteiger partial charge in [0.25, 0.3) is 0 Å². The van der Waals surface area contributed by atoms with Crippen LogP contribution in [-0.2, 0) is 6.42 Å². The summed E-state index contributed by atoms with van der Waals surface area (Å²) in [6.07, 6.45) is 5.24. The van der Waals surface area contributed by atoms with Crippen LogP contribution in [0.15, 0.2) is 17.4 Å². The molecule has 0 radical (unpaired) electrons. The van der Waals surface area contributed by atoms with Crippen molar-refractivity contribution in [1.29, 1.82) is 0 Å². The summed E-state index contributed by atoms with van der Waals surface area (Å²) in [5.41, 5.74) is 3.52. The lowest BCUT2D eigenvalue weighted by molar-refractivity contribution is 0.816. The van der Waals surface area contributed by atoms with Crippen molar-refractivity contribution in [3.8, 4) is 0 Å². The van der Waals surface area contributed by atoms with Crippen molar-refractivity contribution in [2.45, 2.75) is 19.3 Å². The largest absolute Gasteiger partial charge is 0.364 e. The molecule has 1 aromatic rings. The minimum absolute atomic E-state index is 1.02. The van der Waals surface area contributed by atoms with Crippen molar-refractivity contribution in [2.75, 3.05) is 0 Å². The molecule has 0 saturated carbocycles. The van der Waals surface area contributed by atoms with Gasteiger partial charge in [-0.05, 0) is 25.3 Å². The van der Waals surface area contributed by atoms with E-state index in [1.54, 1.807) is 0 Å². The van der Waals surface area contributed by atoms with Crippen LogP contribution in [0.1, 0.15) is 24.1 Å². The maximum atomic E-state index is 5.25. The van der Waals surface area contributed by atoms with E-state index in [9.17, 15) is 0 Å². The highest BCUT2D eigenvalue weighted by Crippen LogP contribution is 2.19. The Hall–Kier alpha value is -1.25. The van der Waals surface area contributed by atoms with Crippen LogP contribution in [0, 0.1) is 0 Å². The van der Waals surface area contributed by atoms with Crippen LogP contribution >= 0.6 is 0 Å². The summed E-state index contributed by atoms with van der Waals surface area (Å²) in [6.45, 7) is 0. The first kappa shape index (κ1) is 6.46. The zero-order valence-corrected chi connectivity index (χ0v) is 6.30. The van der Waals surface area contributed by atoms with Gasteiger partial charge in [0.15, 0.2) is 0 Å². The zero-order valence-electron chi connectivity index (χ0n) is 6.30. The summed E-state index contributed by atoms with van der Waals surface area (Å²) in [6, 6.07) is 2.04. The summed E-state index contributed by atoms with van der Waals surface area (Å²) < 4.78 is 0.